The van der Waals surface area contributed by atoms with Gasteiger partial charge in [0.1, 0.15) is 11.6 Å². The monoisotopic (exact) mass is 624 g/mol. The lowest BCUT2D eigenvalue weighted by Crippen LogP contribution is -2.38. The number of benzene rings is 2. The van der Waals surface area contributed by atoms with Crippen molar-refractivity contribution in [3.8, 4) is 0 Å². The maximum Gasteiger partial charge on any atom is 0.260 e. The van der Waals surface area contributed by atoms with Gasteiger partial charge in [0.25, 0.3) is 11.1 Å². The number of rotatable bonds is 2. The molecular formula is C26H28BrClF2N6O3. The molecule has 2 aliphatic heterocycles. The number of halogens is 4. The minimum absolute atomic E-state index is 0. The molecule has 4 aromatic rings. The summed E-state index contributed by atoms with van der Waals surface area (Å²) in [6.07, 6.45) is 3.42. The van der Waals surface area contributed by atoms with E-state index in [1.165, 1.54) is 18.6 Å². The molecule has 39 heavy (non-hydrogen) atoms. The van der Waals surface area contributed by atoms with E-state index in [0.717, 1.165) is 38.1 Å². The highest BCUT2D eigenvalue weighted by Crippen LogP contribution is 2.24. The first-order valence-electron chi connectivity index (χ1n) is 12.2. The van der Waals surface area contributed by atoms with Crippen LogP contribution in [0.4, 0.5) is 20.7 Å². The van der Waals surface area contributed by atoms with E-state index in [1.807, 2.05) is 4.90 Å². The molecule has 0 aliphatic carbocycles. The molecule has 2 saturated heterocycles. The van der Waals surface area contributed by atoms with Crippen LogP contribution in [0.15, 0.2) is 38.3 Å². The van der Waals surface area contributed by atoms with Crippen molar-refractivity contribution in [3.05, 3.63) is 66.1 Å². The van der Waals surface area contributed by atoms with Crippen molar-refractivity contribution in [2.24, 2.45) is 0 Å². The number of H-pyrrole nitrogens is 2. The molecule has 208 valence electrons. The first-order valence-corrected chi connectivity index (χ1v) is 13.3. The van der Waals surface area contributed by atoms with E-state index in [-0.39, 0.29) is 28.8 Å². The van der Waals surface area contributed by atoms with E-state index < -0.39 is 17.2 Å². The average Bonchev–Trinajstić information content (AvgIpc) is 2.91. The molecule has 2 aromatic heterocycles. The Morgan fingerprint density at radius 3 is 1.92 bits per heavy atom. The molecule has 0 radical (unpaired) electrons. The van der Waals surface area contributed by atoms with Gasteiger partial charge in [-0.1, -0.05) is 19.0 Å². The van der Waals surface area contributed by atoms with Crippen LogP contribution in [0.5, 0.6) is 0 Å². The van der Waals surface area contributed by atoms with Crippen molar-refractivity contribution in [1.82, 2.24) is 19.9 Å². The number of morpholine rings is 1. The van der Waals surface area contributed by atoms with Crippen LogP contribution in [0.1, 0.15) is 26.7 Å². The van der Waals surface area contributed by atoms with Gasteiger partial charge in [-0.05, 0) is 59.5 Å². The quantitative estimate of drug-likeness (QED) is 0.323. The van der Waals surface area contributed by atoms with E-state index in [4.69, 9.17) is 16.3 Å². The highest BCUT2D eigenvalue weighted by atomic mass is 79.9. The van der Waals surface area contributed by atoms with Gasteiger partial charge in [-0.3, -0.25) is 19.6 Å². The number of hydrogen-bond acceptors (Lipinski definition) is 7. The van der Waals surface area contributed by atoms with Crippen LogP contribution >= 0.6 is 27.5 Å². The second-order valence-corrected chi connectivity index (χ2v) is 10.3. The molecule has 2 aromatic carbocycles. The Kier molecular flexibility index (Phi) is 9.19. The molecule has 0 bridgehead atoms. The average molecular weight is 626 g/mol. The number of piperidine rings is 1. The molecule has 0 spiro atoms. The zero-order valence-electron chi connectivity index (χ0n) is 20.2. The van der Waals surface area contributed by atoms with Gasteiger partial charge in [-0.25, -0.2) is 18.7 Å². The smallest absolute Gasteiger partial charge is 0.260 e. The zero-order valence-corrected chi connectivity index (χ0v) is 22.5. The molecular weight excluding hydrogens is 598 g/mol. The fourth-order valence-corrected chi connectivity index (χ4v) is 5.26. The highest BCUT2D eigenvalue weighted by Gasteiger charge is 2.17. The lowest BCUT2D eigenvalue weighted by molar-refractivity contribution is 0.122. The Labute approximate surface area is 236 Å². The molecule has 0 amide bonds. The summed E-state index contributed by atoms with van der Waals surface area (Å²) in [5.74, 6) is 0.0140. The van der Waals surface area contributed by atoms with E-state index in [0.29, 0.717) is 53.7 Å². The fourth-order valence-electron chi connectivity index (χ4n) is 4.49. The molecule has 2 fully saturated rings. The molecule has 0 atom stereocenters. The third kappa shape index (κ3) is 6.39. The SMILES string of the molecule is C.O=c1[nH]c(N2CCCCC2)nc2c(Br)cc(F)cc12.O=c1[nH]c(N2CCOCC2)nc2c(Cl)cc(F)cc12. The standard InChI is InChI=1S/C13H13BrFN3O.C12H11ClFN3O2.CH4/c14-10-7-8(15)6-9-11(10)16-13(17-12(9)19)18-4-2-1-3-5-18;13-9-6-7(14)5-8-10(9)15-12(16-11(8)18)17-1-3-19-4-2-17;/h6-7H,1-5H2,(H,16,17,19);5-6H,1-4H2,(H,15,16,18);1H4. The third-order valence-electron chi connectivity index (χ3n) is 6.40. The summed E-state index contributed by atoms with van der Waals surface area (Å²) in [4.78, 5) is 42.2. The molecule has 0 unspecified atom stereocenters. The van der Waals surface area contributed by atoms with Crippen molar-refractivity contribution in [2.45, 2.75) is 26.7 Å². The third-order valence-corrected chi connectivity index (χ3v) is 7.29. The van der Waals surface area contributed by atoms with E-state index in [9.17, 15) is 18.4 Å². The van der Waals surface area contributed by atoms with Gasteiger partial charge in [0.15, 0.2) is 0 Å². The lowest BCUT2D eigenvalue weighted by Gasteiger charge is -2.27. The van der Waals surface area contributed by atoms with Gasteiger partial charge in [0, 0.05) is 30.7 Å². The summed E-state index contributed by atoms with van der Waals surface area (Å²) in [6.45, 7) is 4.25. The van der Waals surface area contributed by atoms with Crippen molar-refractivity contribution in [2.75, 3.05) is 49.2 Å². The lowest BCUT2D eigenvalue weighted by atomic mass is 10.1. The first kappa shape index (κ1) is 28.9. The summed E-state index contributed by atoms with van der Waals surface area (Å²) in [5.41, 5.74) is 0.123. The zero-order chi connectivity index (χ0) is 26.8. The minimum atomic E-state index is -0.552. The summed E-state index contributed by atoms with van der Waals surface area (Å²) in [6, 6.07) is 4.83. The first-order chi connectivity index (χ1) is 18.3. The Morgan fingerprint density at radius 2 is 1.31 bits per heavy atom. The predicted octanol–water partition coefficient (Wildman–Crippen LogP) is 5.00. The molecule has 4 heterocycles. The number of anilines is 2. The van der Waals surface area contributed by atoms with Gasteiger partial charge >= 0.3 is 0 Å². The van der Waals surface area contributed by atoms with Gasteiger partial charge in [-0.15, -0.1) is 0 Å². The highest BCUT2D eigenvalue weighted by molar-refractivity contribution is 9.10. The van der Waals surface area contributed by atoms with Crippen molar-refractivity contribution >= 4 is 61.2 Å². The fraction of sp³-hybridized carbons (Fsp3) is 0.385. The second kappa shape index (κ2) is 12.4. The molecule has 13 heteroatoms. The number of nitrogens with zero attached hydrogens (tertiary/aromatic N) is 4. The number of ether oxygens (including phenoxy) is 1. The van der Waals surface area contributed by atoms with Crippen LogP contribution in [-0.2, 0) is 4.74 Å². The molecule has 9 nitrogen and oxygen atoms in total. The van der Waals surface area contributed by atoms with Gasteiger partial charge in [0.2, 0.25) is 11.9 Å². The summed E-state index contributed by atoms with van der Waals surface area (Å²) in [5, 5.41) is 0.560. The molecule has 2 aliphatic rings. The maximum atomic E-state index is 13.3. The van der Waals surface area contributed by atoms with Gasteiger partial charge in [0.05, 0.1) is 40.0 Å². The number of hydrogen-bond donors (Lipinski definition) is 2. The van der Waals surface area contributed by atoms with Crippen LogP contribution in [0, 0.1) is 11.6 Å². The van der Waals surface area contributed by atoms with Crippen molar-refractivity contribution in [1.29, 1.82) is 0 Å². The number of fused-ring (bicyclic) bond motifs is 2. The van der Waals surface area contributed by atoms with E-state index >= 15 is 0 Å². The summed E-state index contributed by atoms with van der Waals surface area (Å²) >= 11 is 9.21. The maximum absolute atomic E-state index is 13.3. The minimum Gasteiger partial charge on any atom is -0.378 e. The largest absolute Gasteiger partial charge is 0.378 e. The Balaban J connectivity index is 0.000000176. The summed E-state index contributed by atoms with van der Waals surface area (Å²) in [7, 11) is 0. The van der Waals surface area contributed by atoms with Crippen molar-refractivity contribution in [3.63, 3.8) is 0 Å². The van der Waals surface area contributed by atoms with Crippen LogP contribution in [0.25, 0.3) is 21.8 Å². The number of aromatic nitrogens is 4. The Hall–Kier alpha value is -3.09. The van der Waals surface area contributed by atoms with Crippen molar-refractivity contribution < 1.29 is 13.5 Å². The van der Waals surface area contributed by atoms with E-state index in [2.05, 4.69) is 40.8 Å². The van der Waals surface area contributed by atoms with Crippen LogP contribution in [0.3, 0.4) is 0 Å². The second-order valence-electron chi connectivity index (χ2n) is 8.99. The molecule has 0 saturated carbocycles. The van der Waals surface area contributed by atoms with Crippen LogP contribution < -0.4 is 20.9 Å². The van der Waals surface area contributed by atoms with Gasteiger partial charge < -0.3 is 14.5 Å². The predicted molar refractivity (Wildman–Crippen MR) is 153 cm³/mol. The van der Waals surface area contributed by atoms with E-state index in [1.54, 1.807) is 0 Å². The van der Waals surface area contributed by atoms with Gasteiger partial charge in [-0.2, -0.15) is 0 Å². The number of nitrogens with one attached hydrogen (secondary N) is 2. The Morgan fingerprint density at radius 1 is 0.795 bits per heavy atom. The van der Waals surface area contributed by atoms with Crippen LogP contribution in [0.2, 0.25) is 5.02 Å². The molecule has 6 rings (SSSR count). The molecule has 2 N–H and O–H groups in total. The number of aromatic amines is 2. The normalized spacial score (nSPS) is 15.6. The topological polar surface area (TPSA) is 107 Å². The Bertz CT molecular complexity index is 1480. The van der Waals surface area contributed by atoms with Crippen LogP contribution in [-0.4, -0.2) is 59.3 Å². The summed E-state index contributed by atoms with van der Waals surface area (Å²) < 4.78 is 32.3.